The highest BCUT2D eigenvalue weighted by molar-refractivity contribution is 5.68. The first kappa shape index (κ1) is 13.5. The van der Waals surface area contributed by atoms with Crippen molar-refractivity contribution in [1.82, 2.24) is 5.32 Å². The summed E-state index contributed by atoms with van der Waals surface area (Å²) < 4.78 is 5.28. The van der Waals surface area contributed by atoms with Gasteiger partial charge >= 0.3 is 5.97 Å². The molecule has 5 nitrogen and oxygen atoms in total. The van der Waals surface area contributed by atoms with E-state index in [4.69, 9.17) is 9.84 Å². The molecular weight excluding hydrogens is 222 g/mol. The van der Waals surface area contributed by atoms with Gasteiger partial charge in [-0.3, -0.25) is 4.79 Å². The van der Waals surface area contributed by atoms with E-state index in [9.17, 15) is 9.90 Å². The number of hydrogen-bond donors (Lipinski definition) is 3. The van der Waals surface area contributed by atoms with Gasteiger partial charge < -0.3 is 20.3 Å². The summed E-state index contributed by atoms with van der Waals surface area (Å²) in [4.78, 5) is 10.3. The van der Waals surface area contributed by atoms with E-state index >= 15 is 0 Å². The van der Waals surface area contributed by atoms with E-state index < -0.39 is 12.1 Å². The van der Waals surface area contributed by atoms with Crippen LogP contribution in [0.1, 0.15) is 18.6 Å². The highest BCUT2D eigenvalue weighted by Crippen LogP contribution is 2.17. The predicted octanol–water partition coefficient (Wildman–Crippen LogP) is 0.793. The second kappa shape index (κ2) is 6.88. The summed E-state index contributed by atoms with van der Waals surface area (Å²) in [7, 11) is 0. The zero-order valence-electron chi connectivity index (χ0n) is 9.72. The van der Waals surface area contributed by atoms with Crippen LogP contribution in [0, 0.1) is 0 Å². The standard InChI is InChI=1S/C12H17NO4/c1-2-17-10-5-3-9(4-6-10)11(14)7-13-8-12(15)16/h3-6,11,13-14H,2,7-8H2,1H3,(H,15,16). The van der Waals surface area contributed by atoms with E-state index in [0.29, 0.717) is 6.61 Å². The average Bonchev–Trinajstić information content (AvgIpc) is 2.30. The van der Waals surface area contributed by atoms with Crippen molar-refractivity contribution in [3.8, 4) is 5.75 Å². The minimum Gasteiger partial charge on any atom is -0.494 e. The monoisotopic (exact) mass is 239 g/mol. The van der Waals surface area contributed by atoms with Crippen molar-refractivity contribution in [3.05, 3.63) is 29.8 Å². The number of carboxylic acid groups (broad SMARTS) is 1. The van der Waals surface area contributed by atoms with Crippen LogP contribution in [-0.4, -0.2) is 35.9 Å². The van der Waals surface area contributed by atoms with Gasteiger partial charge in [-0.2, -0.15) is 0 Å². The zero-order valence-corrected chi connectivity index (χ0v) is 9.72. The highest BCUT2D eigenvalue weighted by Gasteiger charge is 2.07. The molecule has 0 spiro atoms. The molecule has 0 fully saturated rings. The lowest BCUT2D eigenvalue weighted by Gasteiger charge is -2.12. The molecule has 0 heterocycles. The third-order valence-electron chi connectivity index (χ3n) is 2.19. The van der Waals surface area contributed by atoms with Crippen LogP contribution in [0.3, 0.4) is 0 Å². The molecule has 1 aromatic rings. The Morgan fingerprint density at radius 2 is 2.06 bits per heavy atom. The third kappa shape index (κ3) is 4.84. The van der Waals surface area contributed by atoms with Crippen LogP contribution in [0.4, 0.5) is 0 Å². The van der Waals surface area contributed by atoms with Crippen LogP contribution in [0.25, 0.3) is 0 Å². The molecule has 0 saturated heterocycles. The number of aliphatic hydroxyl groups is 1. The number of nitrogens with one attached hydrogen (secondary N) is 1. The number of carbonyl (C=O) groups is 1. The van der Waals surface area contributed by atoms with Gasteiger partial charge in [0.05, 0.1) is 19.3 Å². The van der Waals surface area contributed by atoms with Crippen molar-refractivity contribution in [3.63, 3.8) is 0 Å². The van der Waals surface area contributed by atoms with E-state index in [1.54, 1.807) is 24.3 Å². The number of carboxylic acids is 1. The normalized spacial score (nSPS) is 12.1. The summed E-state index contributed by atoms with van der Waals surface area (Å²) in [5.74, 6) is -0.189. The maximum Gasteiger partial charge on any atom is 0.317 e. The fourth-order valence-electron chi connectivity index (χ4n) is 1.39. The number of aliphatic carboxylic acids is 1. The van der Waals surface area contributed by atoms with Gasteiger partial charge in [-0.1, -0.05) is 12.1 Å². The quantitative estimate of drug-likeness (QED) is 0.655. The van der Waals surface area contributed by atoms with Gasteiger partial charge in [0.1, 0.15) is 5.75 Å². The van der Waals surface area contributed by atoms with Gasteiger partial charge in [-0.25, -0.2) is 0 Å². The number of rotatable bonds is 7. The van der Waals surface area contributed by atoms with Crippen molar-refractivity contribution >= 4 is 5.97 Å². The van der Waals surface area contributed by atoms with Gasteiger partial charge in [0.25, 0.3) is 0 Å². The fourth-order valence-corrected chi connectivity index (χ4v) is 1.39. The molecule has 0 bridgehead atoms. The van der Waals surface area contributed by atoms with Crippen molar-refractivity contribution in [2.75, 3.05) is 19.7 Å². The molecule has 0 aliphatic carbocycles. The van der Waals surface area contributed by atoms with Gasteiger partial charge in [0.2, 0.25) is 0 Å². The third-order valence-corrected chi connectivity index (χ3v) is 2.19. The minimum atomic E-state index is -0.941. The summed E-state index contributed by atoms with van der Waals surface area (Å²) >= 11 is 0. The molecule has 1 aromatic carbocycles. The second-order valence-electron chi connectivity index (χ2n) is 3.54. The van der Waals surface area contributed by atoms with Crippen LogP contribution < -0.4 is 10.1 Å². The summed E-state index contributed by atoms with van der Waals surface area (Å²) in [5.41, 5.74) is 0.728. The fraction of sp³-hybridized carbons (Fsp3) is 0.417. The van der Waals surface area contributed by atoms with Crippen molar-refractivity contribution in [2.45, 2.75) is 13.0 Å². The maximum atomic E-state index is 10.3. The first-order valence-electron chi connectivity index (χ1n) is 5.46. The van der Waals surface area contributed by atoms with E-state index in [1.807, 2.05) is 6.92 Å². The van der Waals surface area contributed by atoms with Crippen LogP contribution in [0.15, 0.2) is 24.3 Å². The molecule has 0 amide bonds. The molecular formula is C12H17NO4. The summed E-state index contributed by atoms with van der Waals surface area (Å²) in [6, 6.07) is 7.08. The lowest BCUT2D eigenvalue weighted by molar-refractivity contribution is -0.136. The molecule has 3 N–H and O–H groups in total. The van der Waals surface area contributed by atoms with Gasteiger partial charge in [-0.15, -0.1) is 0 Å². The Bertz CT molecular complexity index is 350. The van der Waals surface area contributed by atoms with Gasteiger partial charge in [0.15, 0.2) is 0 Å². The molecule has 0 aliphatic heterocycles. The molecule has 1 unspecified atom stereocenters. The molecule has 0 aromatic heterocycles. The zero-order chi connectivity index (χ0) is 12.7. The minimum absolute atomic E-state index is 0.159. The number of aliphatic hydroxyl groups excluding tert-OH is 1. The summed E-state index contributed by atoms with van der Waals surface area (Å²) in [6.45, 7) is 2.55. The molecule has 5 heteroatoms. The van der Waals surface area contributed by atoms with Crippen molar-refractivity contribution in [2.24, 2.45) is 0 Å². The largest absolute Gasteiger partial charge is 0.494 e. The van der Waals surface area contributed by atoms with E-state index in [0.717, 1.165) is 11.3 Å². The topological polar surface area (TPSA) is 78.8 Å². The van der Waals surface area contributed by atoms with E-state index in [-0.39, 0.29) is 13.1 Å². The molecule has 17 heavy (non-hydrogen) atoms. The first-order valence-corrected chi connectivity index (χ1v) is 5.46. The van der Waals surface area contributed by atoms with Crippen molar-refractivity contribution < 1.29 is 19.7 Å². The van der Waals surface area contributed by atoms with E-state index in [1.165, 1.54) is 0 Å². The van der Waals surface area contributed by atoms with Crippen LogP contribution >= 0.6 is 0 Å². The number of benzene rings is 1. The number of ether oxygens (including phenoxy) is 1. The highest BCUT2D eigenvalue weighted by atomic mass is 16.5. The van der Waals surface area contributed by atoms with Crippen LogP contribution in [0.5, 0.6) is 5.75 Å². The van der Waals surface area contributed by atoms with Crippen LogP contribution in [0.2, 0.25) is 0 Å². The lowest BCUT2D eigenvalue weighted by Crippen LogP contribution is -2.27. The maximum absolute atomic E-state index is 10.3. The van der Waals surface area contributed by atoms with Crippen LogP contribution in [-0.2, 0) is 4.79 Å². The van der Waals surface area contributed by atoms with Gasteiger partial charge in [-0.05, 0) is 24.6 Å². The average molecular weight is 239 g/mol. The molecule has 94 valence electrons. The predicted molar refractivity (Wildman–Crippen MR) is 63.1 cm³/mol. The Balaban J connectivity index is 2.45. The van der Waals surface area contributed by atoms with Crippen molar-refractivity contribution in [1.29, 1.82) is 0 Å². The SMILES string of the molecule is CCOc1ccc(C(O)CNCC(=O)O)cc1. The first-order chi connectivity index (χ1) is 8.13. The summed E-state index contributed by atoms with van der Waals surface area (Å²) in [5, 5.41) is 20.8. The molecule has 0 aliphatic rings. The molecule has 1 atom stereocenters. The Hall–Kier alpha value is -1.59. The lowest BCUT2D eigenvalue weighted by atomic mass is 10.1. The smallest absolute Gasteiger partial charge is 0.317 e. The Morgan fingerprint density at radius 3 is 2.59 bits per heavy atom. The molecule has 1 rings (SSSR count). The number of hydrogen-bond acceptors (Lipinski definition) is 4. The Labute approximate surface area is 100 Å². The Kier molecular flexibility index (Phi) is 5.45. The summed E-state index contributed by atoms with van der Waals surface area (Å²) in [6.07, 6.45) is -0.718. The second-order valence-corrected chi connectivity index (χ2v) is 3.54. The molecule has 0 radical (unpaired) electrons. The molecule has 0 saturated carbocycles. The Morgan fingerprint density at radius 1 is 1.41 bits per heavy atom. The van der Waals surface area contributed by atoms with Gasteiger partial charge in [0, 0.05) is 6.54 Å². The van der Waals surface area contributed by atoms with E-state index in [2.05, 4.69) is 5.32 Å².